The van der Waals surface area contributed by atoms with Gasteiger partial charge in [0.05, 0.1) is 18.9 Å². The van der Waals surface area contributed by atoms with Crippen molar-refractivity contribution in [2.75, 3.05) is 7.11 Å². The minimum atomic E-state index is -0.914. The maximum atomic E-state index is 10.9. The highest BCUT2D eigenvalue weighted by Gasteiger charge is 2.28. The summed E-state index contributed by atoms with van der Waals surface area (Å²) in [5.74, 6) is 0.664. The number of nitrogens with zero attached hydrogens (tertiary/aromatic N) is 1. The second kappa shape index (κ2) is 5.85. The lowest BCUT2D eigenvalue weighted by Gasteiger charge is -2.27. The van der Waals surface area contributed by atoms with Gasteiger partial charge in [-0.15, -0.1) is 0 Å². The topological polar surface area (TPSA) is 42.4 Å². The summed E-state index contributed by atoms with van der Waals surface area (Å²) in [4.78, 5) is 4.13. The molecule has 1 aromatic heterocycles. The van der Waals surface area contributed by atoms with E-state index in [1.54, 1.807) is 19.5 Å². The van der Waals surface area contributed by atoms with Crippen LogP contribution in [0.1, 0.15) is 24.5 Å². The Morgan fingerprint density at radius 2 is 1.95 bits per heavy atom. The molecule has 19 heavy (non-hydrogen) atoms. The van der Waals surface area contributed by atoms with E-state index in [0.717, 1.165) is 11.1 Å². The standard InChI is InChI=1S/C16H19NO2/c1-3-16(18,10-13-7-5-4-6-8-13)14-9-15(19-2)12-17-11-14/h4-9,11-12,18H,3,10H2,1-2H3. The Morgan fingerprint density at radius 3 is 2.58 bits per heavy atom. The fourth-order valence-electron chi connectivity index (χ4n) is 2.15. The van der Waals surface area contributed by atoms with E-state index < -0.39 is 5.60 Å². The van der Waals surface area contributed by atoms with Gasteiger partial charge in [-0.1, -0.05) is 37.3 Å². The molecule has 3 nitrogen and oxygen atoms in total. The summed E-state index contributed by atoms with van der Waals surface area (Å²) in [5, 5.41) is 10.9. The SMILES string of the molecule is CCC(O)(Cc1ccccc1)c1cncc(OC)c1. The highest BCUT2D eigenvalue weighted by Crippen LogP contribution is 2.30. The predicted molar refractivity (Wildman–Crippen MR) is 75.1 cm³/mol. The Morgan fingerprint density at radius 1 is 1.21 bits per heavy atom. The van der Waals surface area contributed by atoms with Gasteiger partial charge in [-0.3, -0.25) is 4.98 Å². The molecule has 3 heteroatoms. The third-order valence-corrected chi connectivity index (χ3v) is 3.41. The van der Waals surface area contributed by atoms with Gasteiger partial charge < -0.3 is 9.84 Å². The van der Waals surface area contributed by atoms with Gasteiger partial charge in [0.2, 0.25) is 0 Å². The monoisotopic (exact) mass is 257 g/mol. The largest absolute Gasteiger partial charge is 0.495 e. The molecule has 0 saturated carbocycles. The van der Waals surface area contributed by atoms with E-state index in [-0.39, 0.29) is 0 Å². The van der Waals surface area contributed by atoms with Crippen LogP contribution in [0.2, 0.25) is 0 Å². The van der Waals surface area contributed by atoms with Gasteiger partial charge in [-0.05, 0) is 18.1 Å². The highest BCUT2D eigenvalue weighted by molar-refractivity contribution is 5.30. The van der Waals surface area contributed by atoms with Crippen molar-refractivity contribution >= 4 is 0 Å². The van der Waals surface area contributed by atoms with Gasteiger partial charge in [0.25, 0.3) is 0 Å². The van der Waals surface area contributed by atoms with Gasteiger partial charge in [-0.25, -0.2) is 0 Å². The first kappa shape index (κ1) is 13.6. The first-order valence-electron chi connectivity index (χ1n) is 6.44. The number of methoxy groups -OCH3 is 1. The number of ether oxygens (including phenoxy) is 1. The van der Waals surface area contributed by atoms with Crippen LogP contribution in [0, 0.1) is 0 Å². The van der Waals surface area contributed by atoms with Crippen molar-refractivity contribution in [2.24, 2.45) is 0 Å². The van der Waals surface area contributed by atoms with Crippen molar-refractivity contribution in [2.45, 2.75) is 25.4 Å². The van der Waals surface area contributed by atoms with E-state index in [0.29, 0.717) is 18.6 Å². The average Bonchev–Trinajstić information content (AvgIpc) is 2.48. The highest BCUT2D eigenvalue weighted by atomic mass is 16.5. The number of aromatic nitrogens is 1. The van der Waals surface area contributed by atoms with E-state index in [2.05, 4.69) is 4.98 Å². The van der Waals surface area contributed by atoms with Crippen molar-refractivity contribution in [3.63, 3.8) is 0 Å². The number of pyridine rings is 1. The third kappa shape index (κ3) is 3.12. The molecule has 0 aliphatic heterocycles. The van der Waals surface area contributed by atoms with Gasteiger partial charge in [0.15, 0.2) is 0 Å². The fraction of sp³-hybridized carbons (Fsp3) is 0.312. The molecule has 1 heterocycles. The maximum Gasteiger partial charge on any atom is 0.137 e. The summed E-state index contributed by atoms with van der Waals surface area (Å²) >= 11 is 0. The van der Waals surface area contributed by atoms with Crippen molar-refractivity contribution in [3.8, 4) is 5.75 Å². The molecule has 2 aromatic rings. The number of benzene rings is 1. The van der Waals surface area contributed by atoms with Gasteiger partial charge in [0, 0.05) is 18.2 Å². The van der Waals surface area contributed by atoms with Crippen LogP contribution >= 0.6 is 0 Å². The van der Waals surface area contributed by atoms with Crippen LogP contribution in [0.25, 0.3) is 0 Å². The Labute approximate surface area is 113 Å². The summed E-state index contributed by atoms with van der Waals surface area (Å²) in [5.41, 5.74) is 0.982. The smallest absolute Gasteiger partial charge is 0.137 e. The summed E-state index contributed by atoms with van der Waals surface area (Å²) in [6.45, 7) is 1.97. The van der Waals surface area contributed by atoms with E-state index in [1.165, 1.54) is 0 Å². The number of hydrogen-bond acceptors (Lipinski definition) is 3. The molecule has 2 rings (SSSR count). The van der Waals surface area contributed by atoms with Gasteiger partial charge in [0.1, 0.15) is 5.75 Å². The molecule has 0 aliphatic carbocycles. The normalized spacial score (nSPS) is 13.8. The zero-order chi connectivity index (χ0) is 13.7. The lowest BCUT2D eigenvalue weighted by Crippen LogP contribution is -2.27. The van der Waals surface area contributed by atoms with Gasteiger partial charge in [-0.2, -0.15) is 0 Å². The molecule has 0 spiro atoms. The lowest BCUT2D eigenvalue weighted by molar-refractivity contribution is 0.0322. The Balaban J connectivity index is 2.30. The van der Waals surface area contributed by atoms with E-state index in [9.17, 15) is 5.11 Å². The van der Waals surface area contributed by atoms with Crippen molar-refractivity contribution < 1.29 is 9.84 Å². The average molecular weight is 257 g/mol. The Kier molecular flexibility index (Phi) is 4.17. The van der Waals surface area contributed by atoms with Crippen LogP contribution in [0.4, 0.5) is 0 Å². The molecule has 0 aliphatic rings. The van der Waals surface area contributed by atoms with Crippen molar-refractivity contribution in [3.05, 3.63) is 59.9 Å². The molecule has 1 atom stereocenters. The fourth-order valence-corrected chi connectivity index (χ4v) is 2.15. The zero-order valence-corrected chi connectivity index (χ0v) is 11.3. The first-order valence-corrected chi connectivity index (χ1v) is 6.44. The third-order valence-electron chi connectivity index (χ3n) is 3.41. The van der Waals surface area contributed by atoms with E-state index in [4.69, 9.17) is 4.74 Å². The minimum Gasteiger partial charge on any atom is -0.495 e. The quantitative estimate of drug-likeness (QED) is 0.895. The second-order valence-corrected chi connectivity index (χ2v) is 4.66. The van der Waals surface area contributed by atoms with Crippen LogP contribution in [0.3, 0.4) is 0 Å². The molecule has 0 bridgehead atoms. The molecule has 0 saturated heterocycles. The second-order valence-electron chi connectivity index (χ2n) is 4.66. The van der Waals surface area contributed by atoms with Crippen LogP contribution in [-0.4, -0.2) is 17.2 Å². The van der Waals surface area contributed by atoms with E-state index >= 15 is 0 Å². The Hall–Kier alpha value is -1.87. The zero-order valence-electron chi connectivity index (χ0n) is 11.3. The molecular weight excluding hydrogens is 238 g/mol. The summed E-state index contributed by atoms with van der Waals surface area (Å²) in [6, 6.07) is 11.8. The summed E-state index contributed by atoms with van der Waals surface area (Å²) < 4.78 is 5.17. The molecule has 0 amide bonds. The predicted octanol–water partition coefficient (Wildman–Crippen LogP) is 2.93. The molecule has 1 unspecified atom stereocenters. The molecule has 0 fully saturated rings. The Bertz CT molecular complexity index is 527. The van der Waals surface area contributed by atoms with Crippen LogP contribution in [0.5, 0.6) is 5.75 Å². The van der Waals surface area contributed by atoms with Crippen molar-refractivity contribution in [1.29, 1.82) is 0 Å². The number of aliphatic hydroxyl groups is 1. The summed E-state index contributed by atoms with van der Waals surface area (Å²) in [7, 11) is 1.60. The van der Waals surface area contributed by atoms with Gasteiger partial charge >= 0.3 is 0 Å². The summed E-state index contributed by atoms with van der Waals surface area (Å²) in [6.07, 6.45) is 4.53. The first-order chi connectivity index (χ1) is 9.18. The number of hydrogen-bond donors (Lipinski definition) is 1. The van der Waals surface area contributed by atoms with Crippen LogP contribution < -0.4 is 4.74 Å². The van der Waals surface area contributed by atoms with Crippen molar-refractivity contribution in [1.82, 2.24) is 4.98 Å². The molecule has 1 aromatic carbocycles. The molecule has 0 radical (unpaired) electrons. The minimum absolute atomic E-state index is 0.569. The number of rotatable bonds is 5. The van der Waals surface area contributed by atoms with Crippen LogP contribution in [0.15, 0.2) is 48.8 Å². The molecule has 1 N–H and O–H groups in total. The molecule has 100 valence electrons. The molecular formula is C16H19NO2. The maximum absolute atomic E-state index is 10.9. The lowest BCUT2D eigenvalue weighted by atomic mass is 9.86. The van der Waals surface area contributed by atoms with Crippen LogP contribution in [-0.2, 0) is 12.0 Å². The van der Waals surface area contributed by atoms with E-state index in [1.807, 2.05) is 43.3 Å².